The van der Waals surface area contributed by atoms with E-state index < -0.39 is 0 Å². The van der Waals surface area contributed by atoms with Crippen molar-refractivity contribution in [1.29, 1.82) is 5.26 Å². The Morgan fingerprint density at radius 2 is 2.11 bits per heavy atom. The first-order valence-corrected chi connectivity index (χ1v) is 6.34. The number of hydrogen-bond acceptors (Lipinski definition) is 3. The largest absolute Gasteiger partial charge is 0.497 e. The van der Waals surface area contributed by atoms with Crippen LogP contribution in [-0.4, -0.2) is 26.1 Å². The maximum atomic E-state index is 9.54. The van der Waals surface area contributed by atoms with Gasteiger partial charge in [0.25, 0.3) is 0 Å². The molecule has 0 heterocycles. The molecule has 0 bridgehead atoms. The van der Waals surface area contributed by atoms with Gasteiger partial charge in [-0.1, -0.05) is 18.6 Å². The maximum absolute atomic E-state index is 9.54. The molecular formula is C15H20N2O. The summed E-state index contributed by atoms with van der Waals surface area (Å²) in [6, 6.07) is 10.8. The third-order valence-electron chi connectivity index (χ3n) is 3.92. The summed E-state index contributed by atoms with van der Waals surface area (Å²) in [5.74, 6) is 0.853. The third kappa shape index (κ3) is 2.09. The molecule has 0 saturated heterocycles. The molecule has 0 radical (unpaired) electrons. The van der Waals surface area contributed by atoms with Crippen molar-refractivity contribution in [2.45, 2.75) is 25.3 Å². The normalized spacial score (nSPS) is 18.8. The quantitative estimate of drug-likeness (QED) is 0.817. The Morgan fingerprint density at radius 3 is 2.56 bits per heavy atom. The van der Waals surface area contributed by atoms with E-state index in [1.807, 2.05) is 32.3 Å². The summed E-state index contributed by atoms with van der Waals surface area (Å²) in [5.41, 5.74) is 0.941. The van der Waals surface area contributed by atoms with E-state index in [1.165, 1.54) is 5.56 Å². The van der Waals surface area contributed by atoms with Gasteiger partial charge < -0.3 is 9.64 Å². The molecule has 0 aliphatic heterocycles. The zero-order valence-electron chi connectivity index (χ0n) is 11.3. The van der Waals surface area contributed by atoms with Crippen LogP contribution < -0.4 is 4.74 Å². The van der Waals surface area contributed by atoms with Crippen LogP contribution in [0.1, 0.15) is 30.9 Å². The zero-order valence-corrected chi connectivity index (χ0v) is 11.3. The molecule has 3 nitrogen and oxygen atoms in total. The van der Waals surface area contributed by atoms with Crippen molar-refractivity contribution in [3.05, 3.63) is 29.8 Å². The van der Waals surface area contributed by atoms with Gasteiger partial charge in [0.05, 0.1) is 24.6 Å². The fraction of sp³-hybridized carbons (Fsp3) is 0.533. The van der Waals surface area contributed by atoms with Crippen molar-refractivity contribution in [1.82, 2.24) is 4.90 Å². The van der Waals surface area contributed by atoms with Crippen molar-refractivity contribution in [2.75, 3.05) is 21.2 Å². The van der Waals surface area contributed by atoms with Crippen molar-refractivity contribution in [3.63, 3.8) is 0 Å². The van der Waals surface area contributed by atoms with Crippen LogP contribution in [0.5, 0.6) is 5.75 Å². The summed E-state index contributed by atoms with van der Waals surface area (Å²) in [6.07, 6.45) is 3.13. The van der Waals surface area contributed by atoms with Gasteiger partial charge in [-0.3, -0.25) is 0 Å². The minimum Gasteiger partial charge on any atom is -0.497 e. The van der Waals surface area contributed by atoms with Gasteiger partial charge in [-0.25, -0.2) is 0 Å². The number of nitriles is 1. The van der Waals surface area contributed by atoms with Gasteiger partial charge in [0.15, 0.2) is 0 Å². The maximum Gasteiger partial charge on any atom is 0.119 e. The molecule has 0 spiro atoms. The molecule has 0 amide bonds. The number of hydrogen-bond donors (Lipinski definition) is 0. The van der Waals surface area contributed by atoms with Crippen molar-refractivity contribution < 1.29 is 4.74 Å². The summed E-state index contributed by atoms with van der Waals surface area (Å²) in [5, 5.41) is 9.54. The number of benzene rings is 1. The first-order valence-electron chi connectivity index (χ1n) is 6.34. The van der Waals surface area contributed by atoms with Crippen LogP contribution in [-0.2, 0) is 0 Å². The molecule has 96 valence electrons. The Kier molecular flexibility index (Phi) is 3.58. The molecule has 1 aromatic carbocycles. The van der Waals surface area contributed by atoms with Crippen LogP contribution in [0, 0.1) is 16.7 Å². The molecule has 0 N–H and O–H groups in total. The van der Waals surface area contributed by atoms with Crippen LogP contribution >= 0.6 is 0 Å². The number of rotatable bonds is 4. The van der Waals surface area contributed by atoms with E-state index >= 15 is 0 Å². The minimum atomic E-state index is -0.226. The second-order valence-electron chi connectivity index (χ2n) is 5.26. The van der Waals surface area contributed by atoms with Crippen molar-refractivity contribution in [3.8, 4) is 11.8 Å². The number of ether oxygens (including phenoxy) is 1. The third-order valence-corrected chi connectivity index (χ3v) is 3.92. The topological polar surface area (TPSA) is 36.3 Å². The molecule has 1 aliphatic rings. The van der Waals surface area contributed by atoms with Gasteiger partial charge in [0, 0.05) is 0 Å². The van der Waals surface area contributed by atoms with E-state index in [2.05, 4.69) is 17.0 Å². The Bertz CT molecular complexity index is 458. The molecule has 0 aromatic heterocycles. The lowest BCUT2D eigenvalue weighted by molar-refractivity contribution is 0.0747. The highest BCUT2D eigenvalue weighted by Crippen LogP contribution is 2.52. The highest BCUT2D eigenvalue weighted by molar-refractivity contribution is 5.33. The molecule has 18 heavy (non-hydrogen) atoms. The summed E-state index contributed by atoms with van der Waals surface area (Å²) in [7, 11) is 5.76. The fourth-order valence-electron chi connectivity index (χ4n) is 2.93. The standard InChI is InChI=1S/C15H20N2O/c1-17(2)14(15(11-16)8-5-9-15)12-6-4-7-13(10-12)18-3/h4,6-7,10,14H,5,8-9H2,1-3H3. The van der Waals surface area contributed by atoms with Crippen LogP contribution in [0.4, 0.5) is 0 Å². The first kappa shape index (κ1) is 12.9. The molecule has 3 heteroatoms. The first-order chi connectivity index (χ1) is 8.63. The highest BCUT2D eigenvalue weighted by Gasteiger charge is 2.46. The van der Waals surface area contributed by atoms with E-state index in [0.717, 1.165) is 25.0 Å². The summed E-state index contributed by atoms with van der Waals surface area (Å²) >= 11 is 0. The lowest BCUT2D eigenvalue weighted by Gasteiger charge is -2.45. The van der Waals surface area contributed by atoms with E-state index in [0.29, 0.717) is 0 Å². The van der Waals surface area contributed by atoms with Crippen LogP contribution in [0.3, 0.4) is 0 Å². The monoisotopic (exact) mass is 244 g/mol. The fourth-order valence-corrected chi connectivity index (χ4v) is 2.93. The summed E-state index contributed by atoms with van der Waals surface area (Å²) in [4.78, 5) is 2.15. The average Bonchev–Trinajstić information content (AvgIpc) is 2.33. The lowest BCUT2D eigenvalue weighted by Crippen LogP contribution is -2.41. The number of nitrogens with zero attached hydrogens (tertiary/aromatic N) is 2. The minimum absolute atomic E-state index is 0.145. The molecule has 1 unspecified atom stereocenters. The highest BCUT2D eigenvalue weighted by atomic mass is 16.5. The van der Waals surface area contributed by atoms with E-state index in [1.54, 1.807) is 7.11 Å². The van der Waals surface area contributed by atoms with E-state index in [-0.39, 0.29) is 11.5 Å². The summed E-state index contributed by atoms with van der Waals surface area (Å²) < 4.78 is 5.28. The van der Waals surface area contributed by atoms with Crippen LogP contribution in [0.25, 0.3) is 0 Å². The van der Waals surface area contributed by atoms with Crippen LogP contribution in [0.15, 0.2) is 24.3 Å². The smallest absolute Gasteiger partial charge is 0.119 e. The summed E-state index contributed by atoms with van der Waals surface area (Å²) in [6.45, 7) is 0. The molecule has 1 saturated carbocycles. The van der Waals surface area contributed by atoms with Gasteiger partial charge in [0.2, 0.25) is 0 Å². The van der Waals surface area contributed by atoms with Gasteiger partial charge in [0.1, 0.15) is 5.75 Å². The number of methoxy groups -OCH3 is 1. The SMILES string of the molecule is COc1cccc(C(N(C)C)C2(C#N)CCC2)c1. The Hall–Kier alpha value is -1.53. The van der Waals surface area contributed by atoms with Crippen molar-refractivity contribution in [2.24, 2.45) is 5.41 Å². The Balaban J connectivity index is 2.39. The zero-order chi connectivity index (χ0) is 13.2. The molecule has 1 fully saturated rings. The average molecular weight is 244 g/mol. The van der Waals surface area contributed by atoms with Crippen LogP contribution in [0.2, 0.25) is 0 Å². The molecular weight excluding hydrogens is 224 g/mol. The Morgan fingerprint density at radius 1 is 1.39 bits per heavy atom. The molecule has 2 rings (SSSR count). The van der Waals surface area contributed by atoms with Crippen molar-refractivity contribution >= 4 is 0 Å². The van der Waals surface area contributed by atoms with E-state index in [4.69, 9.17) is 4.74 Å². The second-order valence-corrected chi connectivity index (χ2v) is 5.26. The second kappa shape index (κ2) is 4.99. The Labute approximate surface area is 109 Å². The van der Waals surface area contributed by atoms with Gasteiger partial charge in [-0.05, 0) is 44.6 Å². The predicted octanol–water partition coefficient (Wildman–Crippen LogP) is 2.99. The van der Waals surface area contributed by atoms with E-state index in [9.17, 15) is 5.26 Å². The lowest BCUT2D eigenvalue weighted by atomic mass is 9.63. The van der Waals surface area contributed by atoms with Gasteiger partial charge in [-0.2, -0.15) is 5.26 Å². The predicted molar refractivity (Wildman–Crippen MR) is 71.3 cm³/mol. The molecule has 1 aromatic rings. The molecule has 1 atom stereocenters. The van der Waals surface area contributed by atoms with Gasteiger partial charge in [-0.15, -0.1) is 0 Å². The molecule has 1 aliphatic carbocycles. The van der Waals surface area contributed by atoms with Gasteiger partial charge >= 0.3 is 0 Å².